The van der Waals surface area contributed by atoms with Crippen LogP contribution >= 0.6 is 0 Å². The molecule has 0 radical (unpaired) electrons. The van der Waals surface area contributed by atoms with Gasteiger partial charge in [-0.25, -0.2) is 0 Å². The van der Waals surface area contributed by atoms with Gasteiger partial charge in [0.2, 0.25) is 0 Å². The average molecular weight is 783 g/mol. The van der Waals surface area contributed by atoms with Gasteiger partial charge in [0.15, 0.2) is 0 Å². The third kappa shape index (κ3) is 10.2. The third-order valence-corrected chi connectivity index (χ3v) is 8.45. The fourth-order valence-corrected chi connectivity index (χ4v) is 5.40. The van der Waals surface area contributed by atoms with Crippen LogP contribution in [0.1, 0.15) is 22.3 Å². The Bertz CT molecular complexity index is 2650. The zero-order valence-electron chi connectivity index (χ0n) is 30.0. The van der Waals surface area contributed by atoms with Crippen molar-refractivity contribution in [1.29, 1.82) is 0 Å². The van der Waals surface area contributed by atoms with Crippen LogP contribution in [0.3, 0.4) is 0 Å². The molecule has 0 fully saturated rings. The van der Waals surface area contributed by atoms with Crippen molar-refractivity contribution in [3.8, 4) is 0 Å². The molecule has 14 heteroatoms. The van der Waals surface area contributed by atoms with Crippen molar-refractivity contribution in [1.82, 2.24) is 0 Å². The van der Waals surface area contributed by atoms with Crippen LogP contribution < -0.4 is 0 Å². The van der Waals surface area contributed by atoms with Gasteiger partial charge in [0.1, 0.15) is 0 Å². The van der Waals surface area contributed by atoms with Crippen LogP contribution in [-0.2, 0) is 12.4 Å². The minimum absolute atomic E-state index is 0.297. The van der Waals surface area contributed by atoms with Gasteiger partial charge in [-0.2, -0.15) is 51.9 Å². The molecule has 0 saturated carbocycles. The Morgan fingerprint density at radius 1 is 0.310 bits per heavy atom. The summed E-state index contributed by atoms with van der Waals surface area (Å²) >= 11 is 0. The first-order valence-electron chi connectivity index (χ1n) is 17.5. The Balaban J connectivity index is 0.953. The molecule has 0 aliphatic rings. The number of hydrogen-bond donors (Lipinski definition) is 0. The van der Waals surface area contributed by atoms with Crippen molar-refractivity contribution >= 4 is 68.7 Å². The number of azo groups is 3. The molecule has 0 spiro atoms. The number of benzene rings is 7. The maximum Gasteiger partial charge on any atom is 0.416 e. The first-order valence-corrected chi connectivity index (χ1v) is 17.5. The predicted octanol–water partition coefficient (Wildman–Crippen LogP) is 15.6. The number of halogens is 6. The second-order valence-electron chi connectivity index (χ2n) is 12.6. The molecule has 0 aromatic heterocycles. The fraction of sp³-hybridized carbons (Fsp3) is 0.0455. The van der Waals surface area contributed by atoms with Gasteiger partial charge in [-0.05, 0) is 120 Å². The summed E-state index contributed by atoms with van der Waals surface area (Å²) in [6.07, 6.45) is -5.32. The topological polar surface area (TPSA) is 98.9 Å². The van der Waals surface area contributed by atoms with Crippen molar-refractivity contribution in [2.75, 3.05) is 0 Å². The van der Waals surface area contributed by atoms with Crippen LogP contribution in [0.4, 0.5) is 71.8 Å². The number of rotatable bonds is 10. The van der Waals surface area contributed by atoms with E-state index in [4.69, 9.17) is 4.99 Å². The van der Waals surface area contributed by atoms with E-state index < -0.39 is 23.5 Å². The third-order valence-electron chi connectivity index (χ3n) is 8.45. The summed E-state index contributed by atoms with van der Waals surface area (Å²) < 4.78 is 76.7. The van der Waals surface area contributed by atoms with E-state index in [1.54, 1.807) is 61.0 Å². The molecule has 0 aliphatic carbocycles. The van der Waals surface area contributed by atoms with E-state index in [1.165, 1.54) is 24.3 Å². The highest BCUT2D eigenvalue weighted by Crippen LogP contribution is 2.35. The number of hydrogen-bond acceptors (Lipinski definition) is 8. The largest absolute Gasteiger partial charge is 0.416 e. The lowest BCUT2D eigenvalue weighted by Gasteiger charge is -2.05. The van der Waals surface area contributed by atoms with Gasteiger partial charge in [-0.3, -0.25) is 9.98 Å². The van der Waals surface area contributed by atoms with Crippen LogP contribution in [0, 0.1) is 0 Å². The van der Waals surface area contributed by atoms with Gasteiger partial charge in [-0.1, -0.05) is 48.5 Å². The minimum atomic E-state index is -4.41. The molecule has 0 saturated heterocycles. The number of fused-ring (bicyclic) bond motifs is 1. The molecule has 0 N–H and O–H groups in total. The summed E-state index contributed by atoms with van der Waals surface area (Å²) in [5.41, 5.74) is 4.57. The summed E-state index contributed by atoms with van der Waals surface area (Å²) in [7, 11) is 0. The maximum absolute atomic E-state index is 12.8. The van der Waals surface area contributed by atoms with Gasteiger partial charge >= 0.3 is 12.4 Å². The monoisotopic (exact) mass is 782 g/mol. The second kappa shape index (κ2) is 17.1. The van der Waals surface area contributed by atoms with Crippen molar-refractivity contribution in [3.63, 3.8) is 0 Å². The highest BCUT2D eigenvalue weighted by molar-refractivity contribution is 6.01. The molecule has 7 aromatic carbocycles. The average Bonchev–Trinajstić information content (AvgIpc) is 3.23. The zero-order valence-corrected chi connectivity index (χ0v) is 30.0. The molecule has 8 nitrogen and oxygen atoms in total. The van der Waals surface area contributed by atoms with E-state index in [0.717, 1.165) is 51.9 Å². The number of nitrogens with zero attached hydrogens (tertiary/aromatic N) is 8. The first-order chi connectivity index (χ1) is 28.0. The Morgan fingerprint density at radius 3 is 1.05 bits per heavy atom. The molecule has 0 unspecified atom stereocenters. The molecular weight excluding hydrogens is 755 g/mol. The standard InChI is InChI=1S/C44H28F6N8/c45-43(46,47)31-9-13-34(14-10-31)53-55-36-19-17-33(18-20-36)51-27-29-5-7-30(8-6-29)28-52-41-25-26-42(40-4-2-1-3-39(40)41)58-57-38-23-21-37(22-24-38)56-54-35-15-11-32(12-16-35)44(48,49)50/h1-28H/b51-27+,52-28+,55-53+,56-54+,58-57+. The fourth-order valence-electron chi connectivity index (χ4n) is 5.40. The maximum atomic E-state index is 12.8. The normalized spacial score (nSPS) is 12.7. The molecule has 0 amide bonds. The van der Waals surface area contributed by atoms with Gasteiger partial charge in [0, 0.05) is 23.2 Å². The van der Waals surface area contributed by atoms with E-state index in [-0.39, 0.29) is 0 Å². The Kier molecular flexibility index (Phi) is 11.4. The SMILES string of the molecule is FC(F)(F)c1ccc(/N=N/c2ccc(/N=C/c3ccc(/C=N/c4ccc(/N=N/c5ccc(/N=N/c6ccc(C(F)(F)F)cc6)cc5)c5ccccc45)cc3)cc2)cc1. The van der Waals surface area contributed by atoms with Gasteiger partial charge in [-0.15, -0.1) is 5.11 Å². The Hall–Kier alpha value is -7.48. The molecule has 0 aliphatic heterocycles. The van der Waals surface area contributed by atoms with Gasteiger partial charge < -0.3 is 0 Å². The quantitative estimate of drug-likeness (QED) is 0.0750. The minimum Gasteiger partial charge on any atom is -0.256 e. The lowest BCUT2D eigenvalue weighted by atomic mass is 10.1. The van der Waals surface area contributed by atoms with Crippen LogP contribution in [0.2, 0.25) is 0 Å². The molecule has 58 heavy (non-hydrogen) atoms. The summed E-state index contributed by atoms with van der Waals surface area (Å²) in [6.45, 7) is 0. The highest BCUT2D eigenvalue weighted by Gasteiger charge is 2.30. The van der Waals surface area contributed by atoms with E-state index in [0.29, 0.717) is 39.8 Å². The van der Waals surface area contributed by atoms with Crippen LogP contribution in [0.25, 0.3) is 10.8 Å². The molecule has 0 bridgehead atoms. The highest BCUT2D eigenvalue weighted by atomic mass is 19.4. The molecular formula is C44H28F6N8. The molecule has 7 rings (SSSR count). The summed E-state index contributed by atoms with van der Waals surface area (Å²) in [5.74, 6) is 0. The van der Waals surface area contributed by atoms with E-state index in [9.17, 15) is 26.3 Å². The number of aliphatic imine (C=N–C) groups is 2. The summed E-state index contributed by atoms with van der Waals surface area (Å²) in [5, 5.41) is 26.8. The first kappa shape index (κ1) is 38.8. The van der Waals surface area contributed by atoms with E-state index in [1.807, 2.05) is 60.7 Å². The van der Waals surface area contributed by atoms with Gasteiger partial charge in [0.05, 0.1) is 56.6 Å². The smallest absolute Gasteiger partial charge is 0.256 e. The van der Waals surface area contributed by atoms with Crippen molar-refractivity contribution in [3.05, 3.63) is 180 Å². The van der Waals surface area contributed by atoms with E-state index >= 15 is 0 Å². The van der Waals surface area contributed by atoms with Crippen LogP contribution in [0.5, 0.6) is 0 Å². The molecule has 0 heterocycles. The molecule has 7 aromatic rings. The Labute approximate surface area is 327 Å². The summed E-state index contributed by atoms with van der Waals surface area (Å²) in [4.78, 5) is 9.25. The van der Waals surface area contributed by atoms with E-state index in [2.05, 4.69) is 35.7 Å². The van der Waals surface area contributed by atoms with Crippen molar-refractivity contribution < 1.29 is 26.3 Å². The molecule has 0 atom stereocenters. The number of alkyl halides is 6. The van der Waals surface area contributed by atoms with Crippen molar-refractivity contribution in [2.45, 2.75) is 12.4 Å². The lowest BCUT2D eigenvalue weighted by molar-refractivity contribution is -0.138. The zero-order chi connectivity index (χ0) is 40.5. The lowest BCUT2D eigenvalue weighted by Crippen LogP contribution is -2.03. The Morgan fingerprint density at radius 2 is 0.638 bits per heavy atom. The van der Waals surface area contributed by atoms with Crippen molar-refractivity contribution in [2.24, 2.45) is 40.7 Å². The molecule has 286 valence electrons. The second-order valence-corrected chi connectivity index (χ2v) is 12.6. The predicted molar refractivity (Wildman–Crippen MR) is 213 cm³/mol. The summed E-state index contributed by atoms with van der Waals surface area (Å²) in [6, 6.07) is 41.8. The van der Waals surface area contributed by atoms with Crippen LogP contribution in [0.15, 0.2) is 198 Å². The van der Waals surface area contributed by atoms with Gasteiger partial charge in [0.25, 0.3) is 0 Å². The van der Waals surface area contributed by atoms with Crippen LogP contribution in [-0.4, -0.2) is 12.4 Å².